The largest absolute Gasteiger partial charge is 0.323 e. The van der Waals surface area contributed by atoms with Crippen LogP contribution in [0.15, 0.2) is 47.6 Å². The number of fused-ring (bicyclic) bond motifs is 1. The van der Waals surface area contributed by atoms with Crippen molar-refractivity contribution in [3.63, 3.8) is 0 Å². The SMILES string of the molecule is CCCn1c(SCC(=O)Nc2ccccc2F)nc2cc(Cl)ccc21. The van der Waals surface area contributed by atoms with Crippen molar-refractivity contribution in [2.24, 2.45) is 0 Å². The average molecular weight is 378 g/mol. The summed E-state index contributed by atoms with van der Waals surface area (Å²) in [6, 6.07) is 11.7. The Labute approximate surface area is 154 Å². The molecule has 4 nitrogen and oxygen atoms in total. The van der Waals surface area contributed by atoms with Crippen molar-refractivity contribution in [1.29, 1.82) is 0 Å². The van der Waals surface area contributed by atoms with Crippen LogP contribution < -0.4 is 5.32 Å². The molecule has 0 aliphatic heterocycles. The molecule has 1 aromatic heterocycles. The van der Waals surface area contributed by atoms with E-state index < -0.39 is 5.82 Å². The van der Waals surface area contributed by atoms with E-state index in [9.17, 15) is 9.18 Å². The summed E-state index contributed by atoms with van der Waals surface area (Å²) in [4.78, 5) is 16.7. The van der Waals surface area contributed by atoms with Crippen LogP contribution in [-0.2, 0) is 11.3 Å². The van der Waals surface area contributed by atoms with E-state index in [4.69, 9.17) is 11.6 Å². The van der Waals surface area contributed by atoms with Gasteiger partial charge in [0.1, 0.15) is 5.82 Å². The zero-order valence-electron chi connectivity index (χ0n) is 13.6. The lowest BCUT2D eigenvalue weighted by atomic mass is 10.3. The molecule has 25 heavy (non-hydrogen) atoms. The number of para-hydroxylation sites is 1. The van der Waals surface area contributed by atoms with E-state index in [2.05, 4.69) is 21.8 Å². The molecule has 2 aromatic carbocycles. The maximum Gasteiger partial charge on any atom is 0.234 e. The molecule has 130 valence electrons. The molecular formula is C18H17ClFN3OS. The molecule has 3 aromatic rings. The van der Waals surface area contributed by atoms with E-state index in [-0.39, 0.29) is 17.3 Å². The van der Waals surface area contributed by atoms with Crippen LogP contribution in [0.5, 0.6) is 0 Å². The van der Waals surface area contributed by atoms with Crippen LogP contribution in [0.25, 0.3) is 11.0 Å². The van der Waals surface area contributed by atoms with Gasteiger partial charge in [0.05, 0.1) is 22.5 Å². The van der Waals surface area contributed by atoms with E-state index in [0.29, 0.717) is 5.02 Å². The van der Waals surface area contributed by atoms with Gasteiger partial charge >= 0.3 is 0 Å². The van der Waals surface area contributed by atoms with Crippen molar-refractivity contribution in [1.82, 2.24) is 9.55 Å². The number of imidazole rings is 1. The van der Waals surface area contributed by atoms with Crippen molar-refractivity contribution in [2.45, 2.75) is 25.0 Å². The lowest BCUT2D eigenvalue weighted by molar-refractivity contribution is -0.113. The standard InChI is InChI=1S/C18H17ClFN3OS/c1-2-9-23-16-8-7-12(19)10-15(16)22-18(23)25-11-17(24)21-14-6-4-3-5-13(14)20/h3-8,10H,2,9,11H2,1H3,(H,21,24). The summed E-state index contributed by atoms with van der Waals surface area (Å²) in [6.07, 6.45) is 0.947. The first-order valence-electron chi connectivity index (χ1n) is 7.91. The number of halogens is 2. The third-order valence-electron chi connectivity index (χ3n) is 3.60. The maximum absolute atomic E-state index is 13.6. The second kappa shape index (κ2) is 7.89. The number of nitrogens with one attached hydrogen (secondary N) is 1. The molecule has 1 heterocycles. The van der Waals surface area contributed by atoms with Crippen LogP contribution in [-0.4, -0.2) is 21.2 Å². The van der Waals surface area contributed by atoms with Crippen LogP contribution in [0.1, 0.15) is 13.3 Å². The van der Waals surface area contributed by atoms with Crippen LogP contribution in [0.2, 0.25) is 5.02 Å². The number of anilines is 1. The molecule has 0 unspecified atom stereocenters. The number of aryl methyl sites for hydroxylation is 1. The van der Waals surface area contributed by atoms with Crippen LogP contribution in [0, 0.1) is 5.82 Å². The average Bonchev–Trinajstić information content (AvgIpc) is 2.92. The van der Waals surface area contributed by atoms with Crippen molar-refractivity contribution in [2.75, 3.05) is 11.1 Å². The molecular weight excluding hydrogens is 361 g/mol. The predicted octanol–water partition coefficient (Wildman–Crippen LogP) is 4.97. The van der Waals surface area contributed by atoms with Gasteiger partial charge in [-0.1, -0.05) is 42.4 Å². The molecule has 0 aliphatic rings. The van der Waals surface area contributed by atoms with E-state index in [0.717, 1.165) is 29.2 Å². The summed E-state index contributed by atoms with van der Waals surface area (Å²) in [7, 11) is 0. The van der Waals surface area contributed by atoms with Gasteiger partial charge in [0, 0.05) is 11.6 Å². The van der Waals surface area contributed by atoms with Crippen LogP contribution >= 0.6 is 23.4 Å². The Bertz CT molecular complexity index is 912. The summed E-state index contributed by atoms with van der Waals surface area (Å²) >= 11 is 7.36. The summed E-state index contributed by atoms with van der Waals surface area (Å²) < 4.78 is 15.7. The Balaban J connectivity index is 1.75. The minimum absolute atomic E-state index is 0.148. The maximum atomic E-state index is 13.6. The van der Waals surface area contributed by atoms with Gasteiger partial charge in [-0.2, -0.15) is 0 Å². The highest BCUT2D eigenvalue weighted by atomic mass is 35.5. The van der Waals surface area contributed by atoms with Crippen molar-refractivity contribution >= 4 is 46.0 Å². The Morgan fingerprint density at radius 3 is 2.88 bits per heavy atom. The zero-order valence-corrected chi connectivity index (χ0v) is 15.2. The molecule has 0 saturated heterocycles. The fraction of sp³-hybridized carbons (Fsp3) is 0.222. The topological polar surface area (TPSA) is 46.9 Å². The third-order valence-corrected chi connectivity index (χ3v) is 4.81. The second-order valence-corrected chi connectivity index (χ2v) is 6.87. The second-order valence-electron chi connectivity index (χ2n) is 5.50. The van der Waals surface area contributed by atoms with Gasteiger partial charge < -0.3 is 9.88 Å². The Kier molecular flexibility index (Phi) is 5.60. The number of rotatable bonds is 6. The third kappa shape index (κ3) is 4.14. The van der Waals surface area contributed by atoms with Crippen LogP contribution in [0.3, 0.4) is 0 Å². The molecule has 0 spiro atoms. The number of carbonyl (C=O) groups is 1. The number of nitrogens with zero attached hydrogens (tertiary/aromatic N) is 2. The molecule has 0 atom stereocenters. The van der Waals surface area contributed by atoms with E-state index in [1.165, 1.54) is 23.9 Å². The molecule has 0 bridgehead atoms. The van der Waals surface area contributed by atoms with Crippen molar-refractivity contribution < 1.29 is 9.18 Å². The Morgan fingerprint density at radius 1 is 1.32 bits per heavy atom. The smallest absolute Gasteiger partial charge is 0.234 e. The number of aromatic nitrogens is 2. The number of carbonyl (C=O) groups excluding carboxylic acids is 1. The normalized spacial score (nSPS) is 11.0. The lowest BCUT2D eigenvalue weighted by Crippen LogP contribution is -2.15. The molecule has 1 N–H and O–H groups in total. The van der Waals surface area contributed by atoms with E-state index in [1.807, 2.05) is 18.2 Å². The lowest BCUT2D eigenvalue weighted by Gasteiger charge is -2.08. The first-order valence-corrected chi connectivity index (χ1v) is 9.28. The molecule has 0 aliphatic carbocycles. The first-order chi connectivity index (χ1) is 12.1. The highest BCUT2D eigenvalue weighted by Gasteiger charge is 2.14. The number of thioether (sulfide) groups is 1. The summed E-state index contributed by atoms with van der Waals surface area (Å²) in [5.74, 6) is -0.577. The Morgan fingerprint density at radius 2 is 2.12 bits per heavy atom. The summed E-state index contributed by atoms with van der Waals surface area (Å²) in [5, 5.41) is 3.96. The molecule has 0 radical (unpaired) electrons. The molecule has 1 amide bonds. The monoisotopic (exact) mass is 377 g/mol. The number of benzene rings is 2. The Hall–Kier alpha value is -2.05. The van der Waals surface area contributed by atoms with Crippen LogP contribution in [0.4, 0.5) is 10.1 Å². The fourth-order valence-corrected chi connectivity index (χ4v) is 3.52. The minimum Gasteiger partial charge on any atom is -0.323 e. The first kappa shape index (κ1) is 17.8. The van der Waals surface area contributed by atoms with E-state index in [1.54, 1.807) is 12.1 Å². The molecule has 0 saturated carbocycles. The van der Waals surface area contributed by atoms with Crippen molar-refractivity contribution in [3.05, 3.63) is 53.3 Å². The van der Waals surface area contributed by atoms with Gasteiger partial charge in [-0.25, -0.2) is 9.37 Å². The quantitative estimate of drug-likeness (QED) is 0.617. The highest BCUT2D eigenvalue weighted by molar-refractivity contribution is 7.99. The van der Waals surface area contributed by atoms with Gasteiger partial charge in [0.25, 0.3) is 0 Å². The molecule has 0 fully saturated rings. The minimum atomic E-state index is -0.450. The number of amides is 1. The van der Waals surface area contributed by atoms with Gasteiger partial charge in [0.15, 0.2) is 5.16 Å². The van der Waals surface area contributed by atoms with Crippen molar-refractivity contribution in [3.8, 4) is 0 Å². The van der Waals surface area contributed by atoms with Gasteiger partial charge in [-0.3, -0.25) is 4.79 Å². The fourth-order valence-electron chi connectivity index (χ4n) is 2.51. The summed E-state index contributed by atoms with van der Waals surface area (Å²) in [6.45, 7) is 2.89. The highest BCUT2D eigenvalue weighted by Crippen LogP contribution is 2.27. The van der Waals surface area contributed by atoms with E-state index >= 15 is 0 Å². The number of hydrogen-bond donors (Lipinski definition) is 1. The van der Waals surface area contributed by atoms with Gasteiger partial charge in [-0.15, -0.1) is 0 Å². The zero-order chi connectivity index (χ0) is 17.8. The predicted molar refractivity (Wildman–Crippen MR) is 101 cm³/mol. The molecule has 3 rings (SSSR count). The molecule has 7 heteroatoms. The number of hydrogen-bond acceptors (Lipinski definition) is 3. The van der Waals surface area contributed by atoms with Gasteiger partial charge in [-0.05, 0) is 36.8 Å². The van der Waals surface area contributed by atoms with Gasteiger partial charge in [0.2, 0.25) is 5.91 Å². The summed E-state index contributed by atoms with van der Waals surface area (Å²) in [5.41, 5.74) is 1.98.